The molecule has 1 fully saturated rings. The molecule has 1 N–H and O–H groups in total. The van der Waals surface area contributed by atoms with Gasteiger partial charge in [0, 0.05) is 18.3 Å². The van der Waals surface area contributed by atoms with Gasteiger partial charge in [-0.05, 0) is 31.9 Å². The summed E-state index contributed by atoms with van der Waals surface area (Å²) in [6.07, 6.45) is 4.08. The van der Waals surface area contributed by atoms with Gasteiger partial charge < -0.3 is 10.0 Å². The number of Topliss-reactive ketones (excluding diaryl/α,β-unsaturated/α-hetero) is 1. The second-order valence-electron chi connectivity index (χ2n) is 5.39. The van der Waals surface area contributed by atoms with Crippen LogP contribution in [0.2, 0.25) is 0 Å². The Balaban J connectivity index is 2.40. The number of rotatable bonds is 4. The highest BCUT2D eigenvalue weighted by atomic mass is 16.6. The van der Waals surface area contributed by atoms with Gasteiger partial charge in [-0.3, -0.25) is 14.9 Å². The van der Waals surface area contributed by atoms with E-state index in [0.29, 0.717) is 0 Å². The lowest BCUT2D eigenvalue weighted by Crippen LogP contribution is -2.37. The first-order valence-corrected chi connectivity index (χ1v) is 7.21. The maximum absolute atomic E-state index is 11.7. The number of nitrogens with zero attached hydrogens (tertiary/aromatic N) is 2. The van der Waals surface area contributed by atoms with Crippen LogP contribution in [0.4, 0.5) is 11.4 Å². The van der Waals surface area contributed by atoms with E-state index in [-0.39, 0.29) is 29.7 Å². The van der Waals surface area contributed by atoms with E-state index in [1.165, 1.54) is 13.0 Å². The van der Waals surface area contributed by atoms with Crippen molar-refractivity contribution in [3.8, 4) is 0 Å². The van der Waals surface area contributed by atoms with Gasteiger partial charge in [-0.1, -0.05) is 12.8 Å². The van der Waals surface area contributed by atoms with Crippen molar-refractivity contribution < 1.29 is 14.8 Å². The summed E-state index contributed by atoms with van der Waals surface area (Å²) in [5.74, 6) is -0.320. The predicted octanol–water partition coefficient (Wildman–Crippen LogP) is 2.54. The molecule has 6 nitrogen and oxygen atoms in total. The van der Waals surface area contributed by atoms with Crippen molar-refractivity contribution in [1.29, 1.82) is 0 Å². The van der Waals surface area contributed by atoms with Gasteiger partial charge in [0.1, 0.15) is 0 Å². The molecule has 0 saturated carbocycles. The highest BCUT2D eigenvalue weighted by Crippen LogP contribution is 2.29. The Morgan fingerprint density at radius 3 is 2.81 bits per heavy atom. The van der Waals surface area contributed by atoms with E-state index >= 15 is 0 Å². The minimum atomic E-state index is -0.535. The van der Waals surface area contributed by atoms with E-state index in [2.05, 4.69) is 4.90 Å². The third-order valence-corrected chi connectivity index (χ3v) is 3.98. The minimum Gasteiger partial charge on any atom is -0.394 e. The van der Waals surface area contributed by atoms with Crippen LogP contribution in [0.5, 0.6) is 0 Å². The lowest BCUT2D eigenvalue weighted by Gasteiger charge is -2.31. The minimum absolute atomic E-state index is 0.00812. The molecule has 21 heavy (non-hydrogen) atoms. The van der Waals surface area contributed by atoms with Crippen LogP contribution in [0.3, 0.4) is 0 Å². The lowest BCUT2D eigenvalue weighted by atomic mass is 10.1. The van der Waals surface area contributed by atoms with Crippen LogP contribution >= 0.6 is 0 Å². The number of nitro benzene ring substituents is 1. The fourth-order valence-corrected chi connectivity index (χ4v) is 2.85. The zero-order chi connectivity index (χ0) is 15.4. The van der Waals surface area contributed by atoms with Crippen LogP contribution in [-0.2, 0) is 0 Å². The summed E-state index contributed by atoms with van der Waals surface area (Å²) in [4.78, 5) is 24.2. The fraction of sp³-hybridized carbons (Fsp3) is 0.533. The zero-order valence-electron chi connectivity index (χ0n) is 12.1. The molecule has 0 spiro atoms. The number of carbonyl (C=O) groups excluding carboxylic acids is 1. The number of aliphatic hydroxyl groups excluding tert-OH is 1. The summed E-state index contributed by atoms with van der Waals surface area (Å²) in [5, 5.41) is 20.5. The first kappa shape index (κ1) is 15.4. The number of ketones is 1. The molecule has 1 aliphatic heterocycles. The largest absolute Gasteiger partial charge is 0.394 e. The highest BCUT2D eigenvalue weighted by Gasteiger charge is 2.24. The SMILES string of the molecule is CC(=O)c1cc(N2CCCCCC2CO)ccc1[N+](=O)[O-]. The average molecular weight is 292 g/mol. The van der Waals surface area contributed by atoms with Gasteiger partial charge in [0.05, 0.1) is 23.1 Å². The Kier molecular flexibility index (Phi) is 4.90. The van der Waals surface area contributed by atoms with Crippen LogP contribution in [0.15, 0.2) is 18.2 Å². The summed E-state index contributed by atoms with van der Waals surface area (Å²) >= 11 is 0. The number of anilines is 1. The molecule has 1 heterocycles. The first-order valence-electron chi connectivity index (χ1n) is 7.21. The van der Waals surface area contributed by atoms with Crippen molar-refractivity contribution in [3.63, 3.8) is 0 Å². The molecule has 1 aromatic carbocycles. The molecule has 0 amide bonds. The molecular formula is C15H20N2O4. The van der Waals surface area contributed by atoms with Gasteiger partial charge in [-0.2, -0.15) is 0 Å². The van der Waals surface area contributed by atoms with E-state index < -0.39 is 4.92 Å². The Morgan fingerprint density at radius 1 is 1.43 bits per heavy atom. The van der Waals surface area contributed by atoms with E-state index in [4.69, 9.17) is 0 Å². The van der Waals surface area contributed by atoms with Crippen LogP contribution in [0, 0.1) is 10.1 Å². The molecule has 1 saturated heterocycles. The molecule has 6 heteroatoms. The fourth-order valence-electron chi connectivity index (χ4n) is 2.85. The Bertz CT molecular complexity index is 544. The standard InChI is InChI=1S/C15H20N2O4/c1-11(19)14-9-12(6-7-15(14)17(20)21)16-8-4-2-3-5-13(16)10-18/h6-7,9,13,18H,2-5,8,10H2,1H3. The van der Waals surface area contributed by atoms with Crippen LogP contribution in [0.1, 0.15) is 43.0 Å². The van der Waals surface area contributed by atoms with Crippen molar-refractivity contribution in [2.45, 2.75) is 38.6 Å². The van der Waals surface area contributed by atoms with Crippen molar-refractivity contribution in [2.24, 2.45) is 0 Å². The van der Waals surface area contributed by atoms with E-state index in [0.717, 1.165) is 37.9 Å². The second-order valence-corrected chi connectivity index (χ2v) is 5.39. The molecule has 2 rings (SSSR count). The summed E-state index contributed by atoms with van der Waals surface area (Å²) in [6, 6.07) is 4.63. The summed E-state index contributed by atoms with van der Waals surface area (Å²) < 4.78 is 0. The molecule has 114 valence electrons. The highest BCUT2D eigenvalue weighted by molar-refractivity contribution is 5.99. The lowest BCUT2D eigenvalue weighted by molar-refractivity contribution is -0.385. The van der Waals surface area contributed by atoms with Crippen LogP contribution in [0.25, 0.3) is 0 Å². The van der Waals surface area contributed by atoms with Crippen molar-refractivity contribution >= 4 is 17.2 Å². The summed E-state index contributed by atoms with van der Waals surface area (Å²) in [6.45, 7) is 2.17. The third kappa shape index (κ3) is 3.39. The summed E-state index contributed by atoms with van der Waals surface area (Å²) in [7, 11) is 0. The molecule has 0 aliphatic carbocycles. The van der Waals surface area contributed by atoms with Gasteiger partial charge in [0.2, 0.25) is 0 Å². The quantitative estimate of drug-likeness (QED) is 0.524. The molecule has 1 aromatic rings. The first-order chi connectivity index (χ1) is 10.0. The number of hydrogen-bond acceptors (Lipinski definition) is 5. The average Bonchev–Trinajstić information content (AvgIpc) is 2.71. The van der Waals surface area contributed by atoms with Gasteiger partial charge >= 0.3 is 0 Å². The van der Waals surface area contributed by atoms with E-state index in [1.807, 2.05) is 0 Å². The second kappa shape index (κ2) is 6.67. The van der Waals surface area contributed by atoms with Gasteiger partial charge in [0.25, 0.3) is 5.69 Å². The third-order valence-electron chi connectivity index (χ3n) is 3.98. The van der Waals surface area contributed by atoms with Gasteiger partial charge in [-0.15, -0.1) is 0 Å². The van der Waals surface area contributed by atoms with Crippen molar-refractivity contribution in [1.82, 2.24) is 0 Å². The van der Waals surface area contributed by atoms with E-state index in [9.17, 15) is 20.0 Å². The molecule has 1 aliphatic rings. The van der Waals surface area contributed by atoms with Crippen molar-refractivity contribution in [3.05, 3.63) is 33.9 Å². The van der Waals surface area contributed by atoms with Crippen LogP contribution < -0.4 is 4.90 Å². The number of nitro groups is 1. The molecule has 1 atom stereocenters. The number of benzene rings is 1. The number of carbonyl (C=O) groups is 1. The normalized spacial score (nSPS) is 19.1. The Morgan fingerprint density at radius 2 is 2.19 bits per heavy atom. The molecule has 0 aromatic heterocycles. The Labute approximate surface area is 123 Å². The number of hydrogen-bond donors (Lipinski definition) is 1. The van der Waals surface area contributed by atoms with E-state index in [1.54, 1.807) is 12.1 Å². The predicted molar refractivity (Wildman–Crippen MR) is 79.8 cm³/mol. The zero-order valence-corrected chi connectivity index (χ0v) is 12.1. The maximum Gasteiger partial charge on any atom is 0.280 e. The molecular weight excluding hydrogens is 272 g/mol. The molecule has 1 unspecified atom stereocenters. The van der Waals surface area contributed by atoms with Gasteiger partial charge in [0.15, 0.2) is 5.78 Å². The smallest absolute Gasteiger partial charge is 0.280 e. The number of aliphatic hydroxyl groups is 1. The summed E-state index contributed by atoms with van der Waals surface area (Å²) in [5.41, 5.74) is 0.729. The topological polar surface area (TPSA) is 83.7 Å². The Hall–Kier alpha value is -1.95. The molecule has 0 radical (unpaired) electrons. The van der Waals surface area contributed by atoms with Crippen molar-refractivity contribution in [2.75, 3.05) is 18.1 Å². The monoisotopic (exact) mass is 292 g/mol. The maximum atomic E-state index is 11.7. The molecule has 0 bridgehead atoms. The van der Waals surface area contributed by atoms with Gasteiger partial charge in [-0.25, -0.2) is 0 Å². The van der Waals surface area contributed by atoms with Crippen LogP contribution in [-0.4, -0.2) is 35.0 Å².